The molecule has 4 nitrogen and oxygen atoms in total. The largest absolute Gasteiger partial charge is 0.478 e. The molecule has 0 aliphatic heterocycles. The molecule has 1 N–H and O–H groups in total. The van der Waals surface area contributed by atoms with Gasteiger partial charge in [0.15, 0.2) is 0 Å². The standard InChI is InChI=1S/C17H13F3O4.H2S/c1-10(11-6-4-5-9-14(11)17(18,19)20)24-16(23)13-8-3-2-7-12(13)15(21)22;/h2-10H,1H3,(H,21,22);1H2. The van der Waals surface area contributed by atoms with E-state index in [1.165, 1.54) is 49.4 Å². The van der Waals surface area contributed by atoms with Crippen molar-refractivity contribution in [1.29, 1.82) is 0 Å². The number of esters is 1. The number of halogens is 3. The number of rotatable bonds is 4. The van der Waals surface area contributed by atoms with Crippen molar-refractivity contribution in [3.05, 3.63) is 70.8 Å². The summed E-state index contributed by atoms with van der Waals surface area (Å²) in [7, 11) is 0. The number of benzene rings is 2. The van der Waals surface area contributed by atoms with Gasteiger partial charge in [-0.15, -0.1) is 0 Å². The van der Waals surface area contributed by atoms with Gasteiger partial charge in [0.25, 0.3) is 0 Å². The minimum Gasteiger partial charge on any atom is -0.478 e. The van der Waals surface area contributed by atoms with E-state index < -0.39 is 29.8 Å². The lowest BCUT2D eigenvalue weighted by Crippen LogP contribution is -2.17. The van der Waals surface area contributed by atoms with Crippen LogP contribution in [-0.2, 0) is 10.9 Å². The normalized spacial score (nSPS) is 12.0. The number of hydrogen-bond donors (Lipinski definition) is 1. The Morgan fingerprint density at radius 3 is 2.08 bits per heavy atom. The Balaban J connectivity index is 0.00000312. The van der Waals surface area contributed by atoms with Crippen LogP contribution in [0.1, 0.15) is 44.9 Å². The highest BCUT2D eigenvalue weighted by molar-refractivity contribution is 7.59. The van der Waals surface area contributed by atoms with E-state index >= 15 is 0 Å². The first kappa shape index (κ1) is 20.6. The topological polar surface area (TPSA) is 63.6 Å². The third-order valence-corrected chi connectivity index (χ3v) is 3.37. The van der Waals surface area contributed by atoms with E-state index in [0.717, 1.165) is 6.07 Å². The number of carbonyl (C=O) groups excluding carboxylic acids is 1. The van der Waals surface area contributed by atoms with Gasteiger partial charge in [-0.25, -0.2) is 9.59 Å². The lowest BCUT2D eigenvalue weighted by Gasteiger charge is -2.19. The van der Waals surface area contributed by atoms with Crippen molar-refractivity contribution in [2.75, 3.05) is 0 Å². The van der Waals surface area contributed by atoms with Gasteiger partial charge in [-0.2, -0.15) is 26.7 Å². The summed E-state index contributed by atoms with van der Waals surface area (Å²) < 4.78 is 44.1. The second-order valence-electron chi connectivity index (χ2n) is 4.98. The van der Waals surface area contributed by atoms with Crippen LogP contribution < -0.4 is 0 Å². The second kappa shape index (κ2) is 8.06. The summed E-state index contributed by atoms with van der Waals surface area (Å²) >= 11 is 0. The Bertz CT molecular complexity index is 774. The molecule has 1 atom stereocenters. The molecule has 25 heavy (non-hydrogen) atoms. The average Bonchev–Trinajstić information content (AvgIpc) is 2.53. The minimum absolute atomic E-state index is 0. The maximum absolute atomic E-state index is 13.0. The fourth-order valence-corrected chi connectivity index (χ4v) is 2.24. The predicted octanol–water partition coefficient (Wildman–Crippen LogP) is 4.43. The molecule has 0 heterocycles. The van der Waals surface area contributed by atoms with Gasteiger partial charge in [-0.1, -0.05) is 30.3 Å². The minimum atomic E-state index is -4.59. The Hall–Kier alpha value is -2.48. The highest BCUT2D eigenvalue weighted by atomic mass is 32.1. The molecule has 0 saturated carbocycles. The number of carboxylic acids is 1. The molecule has 0 saturated heterocycles. The van der Waals surface area contributed by atoms with Crippen LogP contribution in [0.3, 0.4) is 0 Å². The van der Waals surface area contributed by atoms with Crippen molar-refractivity contribution in [1.82, 2.24) is 0 Å². The van der Waals surface area contributed by atoms with E-state index in [1.54, 1.807) is 0 Å². The summed E-state index contributed by atoms with van der Waals surface area (Å²) in [6.45, 7) is 1.30. The molecule has 0 aromatic heterocycles. The molecule has 1 unspecified atom stereocenters. The SMILES string of the molecule is CC(OC(=O)c1ccccc1C(=O)O)c1ccccc1C(F)(F)F.S. The Morgan fingerprint density at radius 2 is 1.52 bits per heavy atom. The van der Waals surface area contributed by atoms with Gasteiger partial charge in [-0.05, 0) is 25.1 Å². The zero-order valence-electron chi connectivity index (χ0n) is 13.0. The van der Waals surface area contributed by atoms with Gasteiger partial charge in [0.05, 0.1) is 16.7 Å². The van der Waals surface area contributed by atoms with E-state index in [1.807, 2.05) is 0 Å². The summed E-state index contributed by atoms with van der Waals surface area (Å²) in [6.07, 6.45) is -5.78. The molecule has 0 amide bonds. The van der Waals surface area contributed by atoms with Crippen molar-refractivity contribution in [2.45, 2.75) is 19.2 Å². The maximum Gasteiger partial charge on any atom is 0.416 e. The molecule has 0 fully saturated rings. The number of carboxylic acid groups (broad SMARTS) is 1. The van der Waals surface area contributed by atoms with Gasteiger partial charge < -0.3 is 9.84 Å². The Morgan fingerprint density at radius 1 is 1.00 bits per heavy atom. The molecule has 2 rings (SSSR count). The van der Waals surface area contributed by atoms with E-state index in [9.17, 15) is 22.8 Å². The summed E-state index contributed by atoms with van der Waals surface area (Å²) in [4.78, 5) is 23.3. The third kappa shape index (κ3) is 4.76. The van der Waals surface area contributed by atoms with Crippen molar-refractivity contribution < 1.29 is 32.6 Å². The lowest BCUT2D eigenvalue weighted by molar-refractivity contribution is -0.139. The molecular formula is C17H15F3O4S. The first-order valence-corrected chi connectivity index (χ1v) is 6.91. The summed E-state index contributed by atoms with van der Waals surface area (Å²) in [5, 5.41) is 9.06. The molecule has 134 valence electrons. The number of alkyl halides is 3. The molecule has 0 spiro atoms. The Kier molecular flexibility index (Phi) is 6.63. The van der Waals surface area contributed by atoms with Crippen molar-refractivity contribution >= 4 is 25.4 Å². The van der Waals surface area contributed by atoms with Crippen LogP contribution in [0.15, 0.2) is 48.5 Å². The third-order valence-electron chi connectivity index (χ3n) is 3.37. The molecule has 2 aromatic carbocycles. The predicted molar refractivity (Wildman–Crippen MR) is 89.1 cm³/mol. The van der Waals surface area contributed by atoms with Gasteiger partial charge >= 0.3 is 18.1 Å². The van der Waals surface area contributed by atoms with Crippen LogP contribution in [-0.4, -0.2) is 17.0 Å². The summed E-state index contributed by atoms with van der Waals surface area (Å²) in [6, 6.07) is 10.1. The van der Waals surface area contributed by atoms with Gasteiger partial charge in [0, 0.05) is 5.56 Å². The van der Waals surface area contributed by atoms with Crippen LogP contribution in [0, 0.1) is 0 Å². The van der Waals surface area contributed by atoms with Crippen LogP contribution in [0.25, 0.3) is 0 Å². The van der Waals surface area contributed by atoms with Crippen LogP contribution >= 0.6 is 13.5 Å². The molecule has 0 bridgehead atoms. The fraction of sp³-hybridized carbons (Fsp3) is 0.176. The van der Waals surface area contributed by atoms with E-state index in [4.69, 9.17) is 9.84 Å². The highest BCUT2D eigenvalue weighted by Crippen LogP contribution is 2.35. The fourth-order valence-electron chi connectivity index (χ4n) is 2.24. The quantitative estimate of drug-likeness (QED) is 0.807. The van der Waals surface area contributed by atoms with Crippen molar-refractivity contribution in [2.24, 2.45) is 0 Å². The van der Waals surface area contributed by atoms with Crippen molar-refractivity contribution in [3.8, 4) is 0 Å². The number of aromatic carboxylic acids is 1. The van der Waals surface area contributed by atoms with Crippen molar-refractivity contribution in [3.63, 3.8) is 0 Å². The van der Waals surface area contributed by atoms with Gasteiger partial charge in [0.2, 0.25) is 0 Å². The highest BCUT2D eigenvalue weighted by Gasteiger charge is 2.35. The summed E-state index contributed by atoms with van der Waals surface area (Å²) in [5.74, 6) is -2.33. The molecule has 0 aliphatic rings. The molecule has 0 aliphatic carbocycles. The molecule has 8 heteroatoms. The zero-order chi connectivity index (χ0) is 17.9. The lowest BCUT2D eigenvalue weighted by atomic mass is 10.0. The van der Waals surface area contributed by atoms with Crippen LogP contribution in [0.5, 0.6) is 0 Å². The van der Waals surface area contributed by atoms with E-state index in [2.05, 4.69) is 0 Å². The van der Waals surface area contributed by atoms with E-state index in [-0.39, 0.29) is 30.2 Å². The first-order chi connectivity index (χ1) is 11.2. The molecular weight excluding hydrogens is 357 g/mol. The van der Waals surface area contributed by atoms with Gasteiger partial charge in [-0.3, -0.25) is 0 Å². The number of ether oxygens (including phenoxy) is 1. The monoisotopic (exact) mass is 372 g/mol. The van der Waals surface area contributed by atoms with Crippen LogP contribution in [0.2, 0.25) is 0 Å². The summed E-state index contributed by atoms with van der Waals surface area (Å²) in [5.41, 5.74) is -1.61. The van der Waals surface area contributed by atoms with E-state index in [0.29, 0.717) is 0 Å². The Labute approximate surface area is 148 Å². The molecule has 2 aromatic rings. The van der Waals surface area contributed by atoms with Crippen LogP contribution in [0.4, 0.5) is 13.2 Å². The van der Waals surface area contributed by atoms with Gasteiger partial charge in [0.1, 0.15) is 6.10 Å². The molecule has 0 radical (unpaired) electrons. The average molecular weight is 372 g/mol. The zero-order valence-corrected chi connectivity index (χ0v) is 14.0. The second-order valence-corrected chi connectivity index (χ2v) is 4.98. The maximum atomic E-state index is 13.0. The number of carbonyl (C=O) groups is 2. The smallest absolute Gasteiger partial charge is 0.416 e. The first-order valence-electron chi connectivity index (χ1n) is 6.91. The number of hydrogen-bond acceptors (Lipinski definition) is 3.